The highest BCUT2D eigenvalue weighted by Gasteiger charge is 2.19. The van der Waals surface area contributed by atoms with E-state index >= 15 is 0 Å². The van der Waals surface area contributed by atoms with Gasteiger partial charge in [-0.3, -0.25) is 0 Å². The van der Waals surface area contributed by atoms with E-state index in [2.05, 4.69) is 0 Å². The number of ether oxygens (including phenoxy) is 1. The summed E-state index contributed by atoms with van der Waals surface area (Å²) in [5, 5.41) is 0. The van der Waals surface area contributed by atoms with Crippen molar-refractivity contribution in [2.45, 2.75) is 25.8 Å². The Bertz CT molecular complexity index is 349. The number of halogens is 1. The summed E-state index contributed by atoms with van der Waals surface area (Å²) in [4.78, 5) is 0. The molecule has 2 rings (SSSR count). The van der Waals surface area contributed by atoms with Gasteiger partial charge in [-0.05, 0) is 31.4 Å². The van der Waals surface area contributed by atoms with Crippen molar-refractivity contribution in [2.24, 2.45) is 5.73 Å². The van der Waals surface area contributed by atoms with Crippen LogP contribution in [0.3, 0.4) is 0 Å². The van der Waals surface area contributed by atoms with E-state index in [1.807, 2.05) is 6.92 Å². The first-order valence-corrected chi connectivity index (χ1v) is 4.90. The van der Waals surface area contributed by atoms with Crippen molar-refractivity contribution in [1.29, 1.82) is 0 Å². The summed E-state index contributed by atoms with van der Waals surface area (Å²) in [6.07, 6.45) is 1.81. The van der Waals surface area contributed by atoms with Crippen molar-refractivity contribution >= 4 is 0 Å². The van der Waals surface area contributed by atoms with Crippen molar-refractivity contribution < 1.29 is 9.13 Å². The van der Waals surface area contributed by atoms with Gasteiger partial charge in [0.05, 0.1) is 6.61 Å². The standard InChI is InChI=1S/C11H14FNO/c1-7(13)8-4-5-10(12)11-9(8)3-2-6-14-11/h4-5,7H,2-3,6,13H2,1H3. The van der Waals surface area contributed by atoms with Crippen LogP contribution >= 0.6 is 0 Å². The fourth-order valence-corrected chi connectivity index (χ4v) is 1.88. The van der Waals surface area contributed by atoms with Crippen LogP contribution in [0.5, 0.6) is 5.75 Å². The largest absolute Gasteiger partial charge is 0.490 e. The first-order valence-electron chi connectivity index (χ1n) is 4.90. The predicted octanol–water partition coefficient (Wildman–Crippen LogP) is 2.17. The third-order valence-electron chi connectivity index (χ3n) is 2.56. The van der Waals surface area contributed by atoms with Crippen molar-refractivity contribution in [3.8, 4) is 5.75 Å². The minimum Gasteiger partial charge on any atom is -0.490 e. The van der Waals surface area contributed by atoms with Crippen molar-refractivity contribution in [2.75, 3.05) is 6.61 Å². The van der Waals surface area contributed by atoms with Gasteiger partial charge < -0.3 is 10.5 Å². The molecule has 1 unspecified atom stereocenters. The molecule has 76 valence electrons. The Morgan fingerprint density at radius 2 is 2.29 bits per heavy atom. The lowest BCUT2D eigenvalue weighted by molar-refractivity contribution is 0.272. The smallest absolute Gasteiger partial charge is 0.165 e. The lowest BCUT2D eigenvalue weighted by Crippen LogP contribution is -2.16. The zero-order valence-electron chi connectivity index (χ0n) is 8.22. The SMILES string of the molecule is CC(N)c1ccc(F)c2c1CCCO2. The number of hydrogen-bond donors (Lipinski definition) is 1. The molecule has 3 heteroatoms. The molecule has 0 fully saturated rings. The average Bonchev–Trinajstić information content (AvgIpc) is 2.18. The van der Waals surface area contributed by atoms with E-state index in [-0.39, 0.29) is 11.9 Å². The maximum absolute atomic E-state index is 13.3. The van der Waals surface area contributed by atoms with Crippen LogP contribution in [-0.2, 0) is 6.42 Å². The van der Waals surface area contributed by atoms with Crippen molar-refractivity contribution in [3.05, 3.63) is 29.1 Å². The maximum atomic E-state index is 13.3. The van der Waals surface area contributed by atoms with Crippen LogP contribution in [0.1, 0.15) is 30.5 Å². The van der Waals surface area contributed by atoms with Gasteiger partial charge in [0.15, 0.2) is 11.6 Å². The normalized spacial score (nSPS) is 17.1. The van der Waals surface area contributed by atoms with E-state index < -0.39 is 0 Å². The molecule has 0 amide bonds. The summed E-state index contributed by atoms with van der Waals surface area (Å²) in [5.41, 5.74) is 7.76. The third-order valence-corrected chi connectivity index (χ3v) is 2.56. The lowest BCUT2D eigenvalue weighted by Gasteiger charge is -2.22. The first kappa shape index (κ1) is 9.46. The van der Waals surface area contributed by atoms with Gasteiger partial charge in [-0.25, -0.2) is 4.39 Å². The van der Waals surface area contributed by atoms with Crippen LogP contribution in [0.4, 0.5) is 4.39 Å². The molecule has 0 radical (unpaired) electrons. The van der Waals surface area contributed by atoms with Gasteiger partial charge in [0.1, 0.15) is 0 Å². The molecule has 14 heavy (non-hydrogen) atoms. The van der Waals surface area contributed by atoms with Gasteiger partial charge in [-0.1, -0.05) is 6.07 Å². The number of hydrogen-bond acceptors (Lipinski definition) is 2. The van der Waals surface area contributed by atoms with Gasteiger partial charge in [-0.15, -0.1) is 0 Å². The van der Waals surface area contributed by atoms with Crippen LogP contribution in [-0.4, -0.2) is 6.61 Å². The fourth-order valence-electron chi connectivity index (χ4n) is 1.88. The molecule has 1 heterocycles. The van der Waals surface area contributed by atoms with Gasteiger partial charge in [0.2, 0.25) is 0 Å². The summed E-state index contributed by atoms with van der Waals surface area (Å²) in [6.45, 7) is 2.51. The van der Waals surface area contributed by atoms with Gasteiger partial charge in [-0.2, -0.15) is 0 Å². The van der Waals surface area contributed by atoms with E-state index in [1.165, 1.54) is 6.07 Å². The Balaban J connectivity index is 2.53. The van der Waals surface area contributed by atoms with Crippen LogP contribution in [0, 0.1) is 5.82 Å². The zero-order chi connectivity index (χ0) is 10.1. The topological polar surface area (TPSA) is 35.2 Å². The van der Waals surface area contributed by atoms with Crippen LogP contribution < -0.4 is 10.5 Å². The van der Waals surface area contributed by atoms with Crippen LogP contribution in [0.25, 0.3) is 0 Å². The minimum atomic E-state index is -0.274. The molecule has 1 aromatic carbocycles. The average molecular weight is 195 g/mol. The van der Waals surface area contributed by atoms with E-state index in [4.69, 9.17) is 10.5 Å². The molecule has 0 bridgehead atoms. The third kappa shape index (κ3) is 1.48. The van der Waals surface area contributed by atoms with E-state index in [0.717, 1.165) is 24.0 Å². The maximum Gasteiger partial charge on any atom is 0.165 e. The monoisotopic (exact) mass is 195 g/mol. The molecule has 1 atom stereocenters. The summed E-state index contributed by atoms with van der Waals surface area (Å²) >= 11 is 0. The number of rotatable bonds is 1. The van der Waals surface area contributed by atoms with Crippen molar-refractivity contribution in [3.63, 3.8) is 0 Å². The highest BCUT2D eigenvalue weighted by atomic mass is 19.1. The zero-order valence-corrected chi connectivity index (χ0v) is 8.22. The molecule has 0 aliphatic carbocycles. The molecule has 2 nitrogen and oxygen atoms in total. The van der Waals surface area contributed by atoms with Gasteiger partial charge in [0, 0.05) is 11.6 Å². The van der Waals surface area contributed by atoms with Crippen LogP contribution in [0.15, 0.2) is 12.1 Å². The summed E-state index contributed by atoms with van der Waals surface area (Å²) < 4.78 is 18.7. The molecule has 0 aromatic heterocycles. The lowest BCUT2D eigenvalue weighted by atomic mass is 9.96. The molecular formula is C11H14FNO. The molecule has 0 saturated carbocycles. The Morgan fingerprint density at radius 1 is 1.50 bits per heavy atom. The first-order chi connectivity index (χ1) is 6.70. The second-order valence-electron chi connectivity index (χ2n) is 3.68. The fraction of sp³-hybridized carbons (Fsp3) is 0.455. The number of benzene rings is 1. The Kier molecular flexibility index (Phi) is 2.42. The highest BCUT2D eigenvalue weighted by molar-refractivity contribution is 5.43. The van der Waals surface area contributed by atoms with Gasteiger partial charge >= 0.3 is 0 Å². The minimum absolute atomic E-state index is 0.0638. The molecule has 1 aromatic rings. The Morgan fingerprint density at radius 3 is 3.00 bits per heavy atom. The highest BCUT2D eigenvalue weighted by Crippen LogP contribution is 2.32. The second-order valence-corrected chi connectivity index (χ2v) is 3.68. The number of nitrogens with two attached hydrogens (primary N) is 1. The summed E-state index contributed by atoms with van der Waals surface area (Å²) in [7, 11) is 0. The molecule has 0 saturated heterocycles. The molecule has 0 spiro atoms. The van der Waals surface area contributed by atoms with Crippen molar-refractivity contribution in [1.82, 2.24) is 0 Å². The van der Waals surface area contributed by atoms with Crippen LogP contribution in [0.2, 0.25) is 0 Å². The quantitative estimate of drug-likeness (QED) is 0.745. The molecular weight excluding hydrogens is 181 g/mol. The van der Waals surface area contributed by atoms with E-state index in [9.17, 15) is 4.39 Å². The molecule has 1 aliphatic heterocycles. The Hall–Kier alpha value is -1.09. The summed E-state index contributed by atoms with van der Waals surface area (Å²) in [5.74, 6) is 0.134. The second kappa shape index (κ2) is 3.58. The summed E-state index contributed by atoms with van der Waals surface area (Å²) in [6, 6.07) is 3.13. The predicted molar refractivity (Wildman–Crippen MR) is 52.8 cm³/mol. The Labute approximate surface area is 82.9 Å². The number of fused-ring (bicyclic) bond motifs is 1. The molecule has 1 aliphatic rings. The molecule has 2 N–H and O–H groups in total. The van der Waals surface area contributed by atoms with E-state index in [1.54, 1.807) is 6.07 Å². The van der Waals surface area contributed by atoms with Gasteiger partial charge in [0.25, 0.3) is 0 Å². The van der Waals surface area contributed by atoms with E-state index in [0.29, 0.717) is 12.4 Å².